The normalized spacial score (nSPS) is 10.9. The zero-order chi connectivity index (χ0) is 17.2. The number of aromatic amines is 1. The van der Waals surface area contributed by atoms with E-state index >= 15 is 0 Å². The highest BCUT2D eigenvalue weighted by Gasteiger charge is 2.14. The van der Waals surface area contributed by atoms with Crippen LogP contribution in [-0.4, -0.2) is 21.3 Å². The number of rotatable bonds is 4. The molecule has 0 radical (unpaired) electrons. The van der Waals surface area contributed by atoms with Crippen molar-refractivity contribution in [3.8, 4) is 11.5 Å². The average Bonchev–Trinajstić information content (AvgIpc) is 3.26. The number of ether oxygens (including phenoxy) is 1. The number of furan rings is 1. The molecule has 0 aliphatic carbocycles. The van der Waals surface area contributed by atoms with Gasteiger partial charge in [0.15, 0.2) is 11.5 Å². The summed E-state index contributed by atoms with van der Waals surface area (Å²) in [5.41, 5.74) is 0.767. The Kier molecular flexibility index (Phi) is 3.62. The number of hydrogen-bond acceptors (Lipinski definition) is 7. The number of aromatic nitrogens is 3. The van der Waals surface area contributed by atoms with Gasteiger partial charge >= 0.3 is 5.97 Å². The fourth-order valence-corrected chi connectivity index (χ4v) is 2.27. The average molecular weight is 337 g/mol. The Morgan fingerprint density at radius 3 is 2.80 bits per heavy atom. The van der Waals surface area contributed by atoms with E-state index in [4.69, 9.17) is 13.7 Å². The molecule has 0 amide bonds. The number of esters is 1. The monoisotopic (exact) mass is 337 g/mol. The first-order valence-corrected chi connectivity index (χ1v) is 7.36. The maximum atomic E-state index is 11.8. The molecular weight excluding hydrogens is 326 g/mol. The number of benzene rings is 1. The van der Waals surface area contributed by atoms with Gasteiger partial charge in [-0.05, 0) is 18.2 Å². The third kappa shape index (κ3) is 3.05. The Balaban J connectivity index is 1.47. The van der Waals surface area contributed by atoms with Gasteiger partial charge in [0.25, 0.3) is 5.56 Å². The maximum Gasteiger partial charge on any atom is 0.359 e. The quantitative estimate of drug-likeness (QED) is 0.569. The predicted molar refractivity (Wildman–Crippen MR) is 85.7 cm³/mol. The van der Waals surface area contributed by atoms with Gasteiger partial charge in [-0.15, -0.1) is 0 Å². The fourth-order valence-electron chi connectivity index (χ4n) is 2.27. The van der Waals surface area contributed by atoms with Crippen molar-refractivity contribution in [2.24, 2.45) is 0 Å². The van der Waals surface area contributed by atoms with E-state index in [2.05, 4.69) is 15.4 Å². The van der Waals surface area contributed by atoms with Crippen molar-refractivity contribution in [2.75, 3.05) is 0 Å². The topological polar surface area (TPSA) is 111 Å². The molecule has 0 aliphatic rings. The highest BCUT2D eigenvalue weighted by Crippen LogP contribution is 2.28. The molecule has 4 aromatic rings. The van der Waals surface area contributed by atoms with Crippen LogP contribution in [0.15, 0.2) is 62.3 Å². The number of H-pyrrole nitrogens is 1. The summed E-state index contributed by atoms with van der Waals surface area (Å²) in [6.07, 6.45) is 0. The third-order valence-corrected chi connectivity index (χ3v) is 3.47. The summed E-state index contributed by atoms with van der Waals surface area (Å²) in [7, 11) is 0. The van der Waals surface area contributed by atoms with Gasteiger partial charge in [-0.2, -0.15) is 5.10 Å². The van der Waals surface area contributed by atoms with Gasteiger partial charge in [-0.3, -0.25) is 4.79 Å². The Hall–Kier alpha value is -3.68. The first kappa shape index (κ1) is 14.9. The van der Waals surface area contributed by atoms with Crippen LogP contribution in [0.3, 0.4) is 0 Å². The van der Waals surface area contributed by atoms with Crippen LogP contribution < -0.4 is 5.56 Å². The summed E-state index contributed by atoms with van der Waals surface area (Å²) in [6.45, 7) is -0.0939. The molecule has 124 valence electrons. The lowest BCUT2D eigenvalue weighted by Gasteiger charge is -2.00. The molecule has 0 spiro atoms. The van der Waals surface area contributed by atoms with Crippen molar-refractivity contribution >= 4 is 16.9 Å². The molecule has 0 atom stereocenters. The van der Waals surface area contributed by atoms with Gasteiger partial charge in [-0.1, -0.05) is 23.4 Å². The van der Waals surface area contributed by atoms with E-state index in [-0.39, 0.29) is 12.3 Å². The number of carbonyl (C=O) groups is 1. The molecule has 0 aliphatic heterocycles. The molecule has 1 N–H and O–H groups in total. The van der Waals surface area contributed by atoms with Crippen molar-refractivity contribution in [3.63, 3.8) is 0 Å². The van der Waals surface area contributed by atoms with Crippen LogP contribution >= 0.6 is 0 Å². The zero-order valence-electron chi connectivity index (χ0n) is 12.8. The van der Waals surface area contributed by atoms with Gasteiger partial charge in [0.05, 0.1) is 0 Å². The Labute approximate surface area is 140 Å². The van der Waals surface area contributed by atoms with E-state index in [1.165, 1.54) is 12.1 Å². The van der Waals surface area contributed by atoms with Gasteiger partial charge in [0.2, 0.25) is 5.76 Å². The first-order chi connectivity index (χ1) is 12.2. The standard InChI is InChI=1S/C17H11N3O5/c21-16-6-5-12(18-19-16)17(22)23-9-11-8-15(25-20-11)14-7-10-3-1-2-4-13(10)24-14/h1-8H,9H2,(H,19,21). The maximum absolute atomic E-state index is 11.8. The third-order valence-electron chi connectivity index (χ3n) is 3.47. The Morgan fingerprint density at radius 2 is 2.00 bits per heavy atom. The lowest BCUT2D eigenvalue weighted by atomic mass is 10.2. The van der Waals surface area contributed by atoms with Crippen molar-refractivity contribution < 1.29 is 18.5 Å². The van der Waals surface area contributed by atoms with Crippen molar-refractivity contribution in [1.82, 2.24) is 15.4 Å². The molecule has 25 heavy (non-hydrogen) atoms. The molecule has 8 heteroatoms. The summed E-state index contributed by atoms with van der Waals surface area (Å²) in [5, 5.41) is 10.6. The molecule has 0 bridgehead atoms. The van der Waals surface area contributed by atoms with Crippen molar-refractivity contribution in [1.29, 1.82) is 0 Å². The van der Waals surface area contributed by atoms with Crippen LogP contribution in [0.1, 0.15) is 16.2 Å². The van der Waals surface area contributed by atoms with Gasteiger partial charge in [0, 0.05) is 17.5 Å². The van der Waals surface area contributed by atoms with Crippen molar-refractivity contribution in [3.05, 3.63) is 70.3 Å². The SMILES string of the molecule is O=C(OCc1cc(-c2cc3ccccc3o2)on1)c1ccc(=O)[nH]n1. The second-order valence-corrected chi connectivity index (χ2v) is 5.21. The number of hydrogen-bond donors (Lipinski definition) is 1. The molecule has 0 saturated heterocycles. The van der Waals surface area contributed by atoms with E-state index in [1.807, 2.05) is 30.3 Å². The second kappa shape index (κ2) is 6.08. The van der Waals surface area contributed by atoms with Crippen LogP contribution in [0.4, 0.5) is 0 Å². The summed E-state index contributed by atoms with van der Waals surface area (Å²) in [4.78, 5) is 22.8. The highest BCUT2D eigenvalue weighted by molar-refractivity contribution is 5.86. The fraction of sp³-hybridized carbons (Fsp3) is 0.0588. The minimum absolute atomic E-state index is 0.000558. The smallest absolute Gasteiger partial charge is 0.359 e. The molecule has 3 heterocycles. The molecule has 1 aromatic carbocycles. The first-order valence-electron chi connectivity index (χ1n) is 7.36. The zero-order valence-corrected chi connectivity index (χ0v) is 12.8. The number of carbonyl (C=O) groups excluding carboxylic acids is 1. The lowest BCUT2D eigenvalue weighted by molar-refractivity contribution is 0.0456. The van der Waals surface area contributed by atoms with Crippen LogP contribution in [0.25, 0.3) is 22.5 Å². The molecule has 0 fully saturated rings. The van der Waals surface area contributed by atoms with E-state index in [9.17, 15) is 9.59 Å². The summed E-state index contributed by atoms with van der Waals surface area (Å²) < 4.78 is 16.0. The van der Waals surface area contributed by atoms with Gasteiger partial charge < -0.3 is 13.7 Å². The second-order valence-electron chi connectivity index (χ2n) is 5.21. The van der Waals surface area contributed by atoms with Crippen LogP contribution in [-0.2, 0) is 11.3 Å². The molecule has 4 rings (SSSR count). The Bertz CT molecular complexity index is 1060. The van der Waals surface area contributed by atoms with Crippen molar-refractivity contribution in [2.45, 2.75) is 6.61 Å². The number of nitrogens with zero attached hydrogens (tertiary/aromatic N) is 2. The Morgan fingerprint density at radius 1 is 1.12 bits per heavy atom. The number of nitrogens with one attached hydrogen (secondary N) is 1. The van der Waals surface area contributed by atoms with Crippen LogP contribution in [0.2, 0.25) is 0 Å². The molecular formula is C17H11N3O5. The number of para-hydroxylation sites is 1. The van der Waals surface area contributed by atoms with Gasteiger partial charge in [-0.25, -0.2) is 9.89 Å². The van der Waals surface area contributed by atoms with E-state index in [0.717, 1.165) is 11.0 Å². The predicted octanol–water partition coefficient (Wildman–Crippen LogP) is 2.53. The van der Waals surface area contributed by atoms with E-state index < -0.39 is 11.5 Å². The number of fused-ring (bicyclic) bond motifs is 1. The van der Waals surface area contributed by atoms with Crippen LogP contribution in [0, 0.1) is 0 Å². The van der Waals surface area contributed by atoms with E-state index in [1.54, 1.807) is 6.07 Å². The van der Waals surface area contributed by atoms with E-state index in [0.29, 0.717) is 17.2 Å². The van der Waals surface area contributed by atoms with Crippen LogP contribution in [0.5, 0.6) is 0 Å². The molecule has 0 unspecified atom stereocenters. The molecule has 8 nitrogen and oxygen atoms in total. The summed E-state index contributed by atoms with van der Waals surface area (Å²) >= 11 is 0. The summed E-state index contributed by atoms with van der Waals surface area (Å²) in [5.74, 6) is 0.294. The molecule has 0 saturated carbocycles. The minimum atomic E-state index is -0.676. The lowest BCUT2D eigenvalue weighted by Crippen LogP contribution is -2.13. The minimum Gasteiger partial charge on any atom is -0.454 e. The summed E-state index contributed by atoms with van der Waals surface area (Å²) in [6, 6.07) is 13.5. The highest BCUT2D eigenvalue weighted by atomic mass is 16.5. The molecule has 3 aromatic heterocycles. The largest absolute Gasteiger partial charge is 0.454 e. The van der Waals surface area contributed by atoms with Gasteiger partial charge in [0.1, 0.15) is 17.9 Å².